The van der Waals surface area contributed by atoms with E-state index >= 15 is 0 Å². The maximum atomic E-state index is 12.2. The number of nitrogens with one attached hydrogen (secondary N) is 2. The average molecular weight is 302 g/mol. The van der Waals surface area contributed by atoms with E-state index in [4.69, 9.17) is 0 Å². The maximum absolute atomic E-state index is 12.2. The van der Waals surface area contributed by atoms with Gasteiger partial charge in [-0.3, -0.25) is 4.79 Å². The second-order valence-electron chi connectivity index (χ2n) is 4.96. The van der Waals surface area contributed by atoms with Crippen molar-refractivity contribution in [1.29, 1.82) is 0 Å². The van der Waals surface area contributed by atoms with Crippen LogP contribution in [0.25, 0.3) is 0 Å². The lowest BCUT2D eigenvalue weighted by Crippen LogP contribution is -2.22. The molecule has 3 nitrogen and oxygen atoms in total. The first kappa shape index (κ1) is 15.6. The molecule has 2 N–H and O–H groups in total. The van der Waals surface area contributed by atoms with Gasteiger partial charge in [-0.15, -0.1) is 11.3 Å². The fourth-order valence-electron chi connectivity index (χ4n) is 2.17. The van der Waals surface area contributed by atoms with E-state index in [1.54, 1.807) is 11.3 Å². The van der Waals surface area contributed by atoms with Gasteiger partial charge in [0.1, 0.15) is 0 Å². The van der Waals surface area contributed by atoms with Gasteiger partial charge >= 0.3 is 0 Å². The fraction of sp³-hybridized carbons (Fsp3) is 0.353. The normalized spacial score (nSPS) is 10.4. The molecule has 1 aromatic heterocycles. The first-order valence-corrected chi connectivity index (χ1v) is 8.16. The maximum Gasteiger partial charge on any atom is 0.251 e. The van der Waals surface area contributed by atoms with Crippen LogP contribution in [-0.4, -0.2) is 12.5 Å². The van der Waals surface area contributed by atoms with Crippen molar-refractivity contribution in [2.45, 2.75) is 33.7 Å². The standard InChI is InChI=1S/C17H22N2OS/c1-4-14-7-8-15(21-14)11-19-17(20)13-6-9-16(18-5-2)12(3)10-13/h6-10,18H,4-5,11H2,1-3H3,(H,19,20). The van der Waals surface area contributed by atoms with Crippen molar-refractivity contribution in [3.05, 3.63) is 51.2 Å². The number of hydrogen-bond acceptors (Lipinski definition) is 3. The molecule has 1 aromatic carbocycles. The van der Waals surface area contributed by atoms with Crippen LogP contribution in [0.1, 0.15) is 39.5 Å². The molecule has 4 heteroatoms. The highest BCUT2D eigenvalue weighted by Gasteiger charge is 2.08. The quantitative estimate of drug-likeness (QED) is 0.847. The van der Waals surface area contributed by atoms with Gasteiger partial charge in [-0.1, -0.05) is 6.92 Å². The van der Waals surface area contributed by atoms with E-state index in [1.165, 1.54) is 9.75 Å². The summed E-state index contributed by atoms with van der Waals surface area (Å²) in [7, 11) is 0. The Kier molecular flexibility index (Phi) is 5.39. The third-order valence-corrected chi connectivity index (χ3v) is 4.57. The van der Waals surface area contributed by atoms with Crippen molar-refractivity contribution < 1.29 is 4.79 Å². The van der Waals surface area contributed by atoms with Crippen LogP contribution in [0.2, 0.25) is 0 Å². The van der Waals surface area contributed by atoms with E-state index < -0.39 is 0 Å². The highest BCUT2D eigenvalue weighted by atomic mass is 32.1. The molecule has 1 amide bonds. The predicted molar refractivity (Wildman–Crippen MR) is 90.2 cm³/mol. The lowest BCUT2D eigenvalue weighted by atomic mass is 10.1. The molecular formula is C17H22N2OS. The number of amides is 1. The molecule has 0 atom stereocenters. The summed E-state index contributed by atoms with van der Waals surface area (Å²) in [5, 5.41) is 6.26. The summed E-state index contributed by atoms with van der Waals surface area (Å²) in [6.45, 7) is 7.69. The predicted octanol–water partition coefficient (Wildman–Crippen LogP) is 3.98. The number of carbonyl (C=O) groups is 1. The number of carbonyl (C=O) groups excluding carboxylic acids is 1. The van der Waals surface area contributed by atoms with Crippen LogP contribution in [0.5, 0.6) is 0 Å². The van der Waals surface area contributed by atoms with Crippen LogP contribution in [0, 0.1) is 6.92 Å². The zero-order valence-electron chi connectivity index (χ0n) is 12.8. The lowest BCUT2D eigenvalue weighted by molar-refractivity contribution is 0.0951. The smallest absolute Gasteiger partial charge is 0.251 e. The number of aryl methyl sites for hydroxylation is 2. The summed E-state index contributed by atoms with van der Waals surface area (Å²) in [4.78, 5) is 14.7. The minimum atomic E-state index is -0.0207. The molecule has 0 spiro atoms. The summed E-state index contributed by atoms with van der Waals surface area (Å²) in [5.74, 6) is -0.0207. The fourth-order valence-corrected chi connectivity index (χ4v) is 3.07. The molecule has 0 saturated heterocycles. The van der Waals surface area contributed by atoms with Gasteiger partial charge in [0.15, 0.2) is 0 Å². The van der Waals surface area contributed by atoms with Crippen LogP contribution in [-0.2, 0) is 13.0 Å². The van der Waals surface area contributed by atoms with E-state index in [0.29, 0.717) is 12.1 Å². The van der Waals surface area contributed by atoms with Gasteiger partial charge in [0.05, 0.1) is 6.54 Å². The summed E-state index contributed by atoms with van der Waals surface area (Å²) in [6.07, 6.45) is 1.05. The summed E-state index contributed by atoms with van der Waals surface area (Å²) in [5.41, 5.74) is 2.88. The third-order valence-electron chi connectivity index (χ3n) is 3.34. The van der Waals surface area contributed by atoms with Crippen LogP contribution in [0.4, 0.5) is 5.69 Å². The second kappa shape index (κ2) is 7.27. The first-order valence-electron chi connectivity index (χ1n) is 7.34. The van der Waals surface area contributed by atoms with Crippen LogP contribution in [0.15, 0.2) is 30.3 Å². The van der Waals surface area contributed by atoms with Gasteiger partial charge in [-0.05, 0) is 56.2 Å². The minimum absolute atomic E-state index is 0.0207. The second-order valence-corrected chi connectivity index (χ2v) is 6.22. The molecule has 0 aliphatic heterocycles. The molecule has 0 unspecified atom stereocenters. The van der Waals surface area contributed by atoms with Crippen LogP contribution >= 0.6 is 11.3 Å². The highest BCUT2D eigenvalue weighted by molar-refractivity contribution is 7.11. The Balaban J connectivity index is 1.98. The minimum Gasteiger partial charge on any atom is -0.385 e. The van der Waals surface area contributed by atoms with Crippen molar-refractivity contribution in [2.75, 3.05) is 11.9 Å². The van der Waals surface area contributed by atoms with Crippen molar-refractivity contribution in [3.63, 3.8) is 0 Å². The molecule has 112 valence electrons. The van der Waals surface area contributed by atoms with E-state index in [1.807, 2.05) is 25.1 Å². The largest absolute Gasteiger partial charge is 0.385 e. The van der Waals surface area contributed by atoms with Gasteiger partial charge in [-0.25, -0.2) is 0 Å². The van der Waals surface area contributed by atoms with Crippen molar-refractivity contribution in [2.24, 2.45) is 0 Å². The van der Waals surface area contributed by atoms with E-state index in [2.05, 4.69) is 36.6 Å². The Morgan fingerprint density at radius 3 is 2.52 bits per heavy atom. The topological polar surface area (TPSA) is 41.1 Å². The molecule has 0 aliphatic carbocycles. The lowest BCUT2D eigenvalue weighted by Gasteiger charge is -2.09. The Bertz CT molecular complexity index is 619. The number of benzene rings is 1. The third kappa shape index (κ3) is 4.08. The molecule has 1 heterocycles. The first-order chi connectivity index (χ1) is 10.1. The van der Waals surface area contributed by atoms with Crippen molar-refractivity contribution in [1.82, 2.24) is 5.32 Å². The monoisotopic (exact) mass is 302 g/mol. The van der Waals surface area contributed by atoms with Gasteiger partial charge in [0, 0.05) is 27.5 Å². The molecule has 0 aliphatic rings. The SMILES string of the molecule is CCNc1ccc(C(=O)NCc2ccc(CC)s2)cc1C. The Morgan fingerprint density at radius 2 is 1.90 bits per heavy atom. The highest BCUT2D eigenvalue weighted by Crippen LogP contribution is 2.18. The molecule has 21 heavy (non-hydrogen) atoms. The van der Waals surface area contributed by atoms with Gasteiger partial charge in [-0.2, -0.15) is 0 Å². The number of anilines is 1. The molecule has 0 bridgehead atoms. The molecule has 2 rings (SSSR count). The van der Waals surface area contributed by atoms with Crippen LogP contribution in [0.3, 0.4) is 0 Å². The number of thiophene rings is 1. The Labute approximate surface area is 130 Å². The summed E-state index contributed by atoms with van der Waals surface area (Å²) < 4.78 is 0. The molecular weight excluding hydrogens is 280 g/mol. The van der Waals surface area contributed by atoms with Gasteiger partial charge in [0.2, 0.25) is 0 Å². The Morgan fingerprint density at radius 1 is 1.14 bits per heavy atom. The van der Waals surface area contributed by atoms with Gasteiger partial charge < -0.3 is 10.6 Å². The molecule has 0 radical (unpaired) electrons. The van der Waals surface area contributed by atoms with E-state index in [0.717, 1.165) is 24.2 Å². The average Bonchev–Trinajstić information content (AvgIpc) is 2.95. The van der Waals surface area contributed by atoms with Crippen molar-refractivity contribution in [3.8, 4) is 0 Å². The molecule has 2 aromatic rings. The summed E-state index contributed by atoms with van der Waals surface area (Å²) in [6, 6.07) is 9.98. The molecule has 0 saturated carbocycles. The van der Waals surface area contributed by atoms with Gasteiger partial charge in [0.25, 0.3) is 5.91 Å². The Hall–Kier alpha value is -1.81. The summed E-state index contributed by atoms with van der Waals surface area (Å²) >= 11 is 1.76. The van der Waals surface area contributed by atoms with Crippen LogP contribution < -0.4 is 10.6 Å². The van der Waals surface area contributed by atoms with Crippen molar-refractivity contribution >= 4 is 22.9 Å². The molecule has 0 fully saturated rings. The number of rotatable bonds is 6. The zero-order valence-corrected chi connectivity index (χ0v) is 13.6. The number of hydrogen-bond donors (Lipinski definition) is 2. The van der Waals surface area contributed by atoms with E-state index in [9.17, 15) is 4.79 Å². The van der Waals surface area contributed by atoms with E-state index in [-0.39, 0.29) is 5.91 Å². The zero-order chi connectivity index (χ0) is 15.2.